The summed E-state index contributed by atoms with van der Waals surface area (Å²) in [6.45, 7) is 0. The topological polar surface area (TPSA) is 48.9 Å². The zero-order valence-corrected chi connectivity index (χ0v) is 7.39. The van der Waals surface area contributed by atoms with Gasteiger partial charge in [0.1, 0.15) is 21.6 Å². The number of hydrogen-bond donors (Lipinski definition) is 0. The molecule has 0 fully saturated rings. The van der Waals surface area contributed by atoms with Crippen molar-refractivity contribution in [1.29, 1.82) is 0 Å². The van der Waals surface area contributed by atoms with Gasteiger partial charge in [-0.1, -0.05) is 0 Å². The van der Waals surface area contributed by atoms with Gasteiger partial charge >= 0.3 is 10.6 Å². The van der Waals surface area contributed by atoms with Gasteiger partial charge in [-0.15, -0.1) is 0 Å². The Kier molecular flexibility index (Phi) is 2.38. The molecule has 62 valence electrons. The predicted octanol–water partition coefficient (Wildman–Crippen LogP) is 3.42. The van der Waals surface area contributed by atoms with Crippen molar-refractivity contribution in [2.45, 2.75) is 10.6 Å². The molecule has 2 rings (SSSR count). The van der Waals surface area contributed by atoms with Gasteiger partial charge in [0, 0.05) is 0 Å². The molecule has 0 N–H and O–H groups in total. The quantitative estimate of drug-likeness (QED) is 0.564. The minimum Gasteiger partial charge on any atom is -0.269 e. The standard InChI is InChI=1S/C6H4O4S2/c1-2-8-5(7-1)11-12-6-9-3-4-10-6/h1-4H/q+2. The van der Waals surface area contributed by atoms with Crippen molar-refractivity contribution in [2.24, 2.45) is 0 Å². The van der Waals surface area contributed by atoms with E-state index in [0.29, 0.717) is 10.6 Å². The second-order valence-corrected chi connectivity index (χ2v) is 3.68. The highest BCUT2D eigenvalue weighted by Gasteiger charge is 2.21. The fourth-order valence-corrected chi connectivity index (χ4v) is 1.93. The summed E-state index contributed by atoms with van der Waals surface area (Å²) in [5, 5.41) is 0.901. The van der Waals surface area contributed by atoms with Crippen LogP contribution in [-0.2, 0) is 0 Å². The fraction of sp³-hybridized carbons (Fsp3) is 0. The maximum atomic E-state index is 4.92. The molecule has 0 radical (unpaired) electrons. The average molecular weight is 204 g/mol. The molecule has 2 heterocycles. The molecule has 0 aliphatic heterocycles. The highest BCUT2D eigenvalue weighted by Crippen LogP contribution is 2.37. The smallest absolute Gasteiger partial charge is 0.269 e. The molecule has 0 aromatic carbocycles. The Hall–Kier alpha value is -0.880. The van der Waals surface area contributed by atoms with Gasteiger partial charge in [0.25, 0.3) is 25.1 Å². The van der Waals surface area contributed by atoms with Crippen LogP contribution >= 0.6 is 21.6 Å². The molecule has 0 aliphatic rings. The molecule has 0 atom stereocenters. The maximum Gasteiger partial charge on any atom is 0.576 e. The van der Waals surface area contributed by atoms with E-state index in [-0.39, 0.29) is 0 Å². The summed E-state index contributed by atoms with van der Waals surface area (Å²) in [7, 11) is 2.56. The first-order valence-electron chi connectivity index (χ1n) is 3.00. The number of hydrogen-bond acceptors (Lipinski definition) is 4. The predicted molar refractivity (Wildman–Crippen MR) is 42.5 cm³/mol. The van der Waals surface area contributed by atoms with Gasteiger partial charge in [-0.25, -0.2) is 0 Å². The van der Waals surface area contributed by atoms with E-state index in [1.54, 1.807) is 0 Å². The SMILES string of the molecule is c1c[o+]c(SSc2occ[o+]2)o1. The van der Waals surface area contributed by atoms with Gasteiger partial charge in [0.15, 0.2) is 0 Å². The maximum absolute atomic E-state index is 4.92. The highest BCUT2D eigenvalue weighted by molar-refractivity contribution is 8.76. The van der Waals surface area contributed by atoms with Crippen molar-refractivity contribution in [3.8, 4) is 0 Å². The van der Waals surface area contributed by atoms with E-state index in [9.17, 15) is 0 Å². The van der Waals surface area contributed by atoms with Crippen LogP contribution in [0.4, 0.5) is 0 Å². The van der Waals surface area contributed by atoms with E-state index in [1.165, 1.54) is 46.6 Å². The Balaban J connectivity index is 1.91. The first-order valence-corrected chi connectivity index (χ1v) is 5.15. The summed E-state index contributed by atoms with van der Waals surface area (Å²) in [5.74, 6) is 0. The Bertz CT molecular complexity index is 281. The third-order valence-electron chi connectivity index (χ3n) is 0.946. The Morgan fingerprint density at radius 2 is 1.42 bits per heavy atom. The van der Waals surface area contributed by atoms with E-state index < -0.39 is 0 Å². The normalized spacial score (nSPS) is 10.3. The average Bonchev–Trinajstić information content (AvgIpc) is 2.74. The first-order chi connectivity index (χ1) is 5.95. The Labute approximate surface area is 75.3 Å². The number of rotatable bonds is 3. The highest BCUT2D eigenvalue weighted by atomic mass is 33.1. The van der Waals surface area contributed by atoms with Gasteiger partial charge in [0.05, 0.1) is 0 Å². The fourth-order valence-electron chi connectivity index (χ4n) is 0.535. The van der Waals surface area contributed by atoms with Gasteiger partial charge < -0.3 is 0 Å². The van der Waals surface area contributed by atoms with Crippen LogP contribution in [0.1, 0.15) is 0 Å². The van der Waals surface area contributed by atoms with Gasteiger partial charge in [-0.3, -0.25) is 17.7 Å². The molecule has 2 aromatic heterocycles. The molecule has 2 aromatic rings. The van der Waals surface area contributed by atoms with Crippen LogP contribution in [0.15, 0.2) is 53.3 Å². The van der Waals surface area contributed by atoms with Crippen LogP contribution in [0.2, 0.25) is 0 Å². The van der Waals surface area contributed by atoms with Crippen molar-refractivity contribution < 1.29 is 17.7 Å². The summed E-state index contributed by atoms with van der Waals surface area (Å²) in [6, 6.07) is 0. The van der Waals surface area contributed by atoms with Crippen LogP contribution in [-0.4, -0.2) is 0 Å². The molecule has 0 aliphatic carbocycles. The third-order valence-corrected chi connectivity index (χ3v) is 2.75. The lowest BCUT2D eigenvalue weighted by Crippen LogP contribution is -1.56. The molecule has 4 nitrogen and oxygen atoms in total. The zero-order valence-electron chi connectivity index (χ0n) is 5.76. The van der Waals surface area contributed by atoms with Crippen LogP contribution in [0.5, 0.6) is 0 Å². The lowest BCUT2D eigenvalue weighted by atomic mass is 11.1. The summed E-state index contributed by atoms with van der Waals surface area (Å²) in [6.07, 6.45) is 5.84. The van der Waals surface area contributed by atoms with E-state index in [1.807, 2.05) is 0 Å². The third kappa shape index (κ3) is 1.83. The minimum absolute atomic E-state index is 0.451. The lowest BCUT2D eigenvalue weighted by molar-refractivity contribution is 0.305. The van der Waals surface area contributed by atoms with E-state index in [4.69, 9.17) is 17.7 Å². The van der Waals surface area contributed by atoms with Crippen LogP contribution in [0.3, 0.4) is 0 Å². The van der Waals surface area contributed by atoms with Crippen molar-refractivity contribution in [1.82, 2.24) is 0 Å². The summed E-state index contributed by atoms with van der Waals surface area (Å²) >= 11 is 0. The van der Waals surface area contributed by atoms with Crippen molar-refractivity contribution >= 4 is 21.6 Å². The summed E-state index contributed by atoms with van der Waals surface area (Å²) in [5.41, 5.74) is 0. The van der Waals surface area contributed by atoms with E-state index >= 15 is 0 Å². The largest absolute Gasteiger partial charge is 0.576 e. The summed E-state index contributed by atoms with van der Waals surface area (Å²) in [4.78, 5) is 0. The molecule has 0 saturated carbocycles. The second-order valence-electron chi connectivity index (χ2n) is 1.68. The molecule has 0 bridgehead atoms. The van der Waals surface area contributed by atoms with E-state index in [0.717, 1.165) is 0 Å². The van der Waals surface area contributed by atoms with Crippen LogP contribution in [0, 0.1) is 0 Å². The van der Waals surface area contributed by atoms with Gasteiger partial charge in [0.2, 0.25) is 0 Å². The molecule has 12 heavy (non-hydrogen) atoms. The van der Waals surface area contributed by atoms with Gasteiger partial charge in [-0.2, -0.15) is 0 Å². The lowest BCUT2D eigenvalue weighted by Gasteiger charge is -1.72. The van der Waals surface area contributed by atoms with Crippen molar-refractivity contribution in [2.75, 3.05) is 0 Å². The first kappa shape index (κ1) is 7.75. The monoisotopic (exact) mass is 204 g/mol. The molecular formula is C6H4O4S2+2. The van der Waals surface area contributed by atoms with Gasteiger partial charge in [-0.05, 0) is 0 Å². The van der Waals surface area contributed by atoms with Crippen molar-refractivity contribution in [3.63, 3.8) is 0 Å². The Morgan fingerprint density at radius 1 is 0.917 bits per heavy atom. The molecular weight excluding hydrogens is 200 g/mol. The minimum atomic E-state index is 0.451. The van der Waals surface area contributed by atoms with Crippen LogP contribution in [0.25, 0.3) is 0 Å². The Morgan fingerprint density at radius 3 is 1.75 bits per heavy atom. The molecule has 6 heteroatoms. The van der Waals surface area contributed by atoms with Crippen molar-refractivity contribution in [3.05, 3.63) is 25.1 Å². The summed E-state index contributed by atoms with van der Waals surface area (Å²) < 4.78 is 19.7. The second kappa shape index (κ2) is 3.68. The molecule has 0 unspecified atom stereocenters. The van der Waals surface area contributed by atoms with E-state index in [2.05, 4.69) is 0 Å². The zero-order chi connectivity index (χ0) is 8.23. The molecule has 0 spiro atoms. The van der Waals surface area contributed by atoms with Crippen LogP contribution < -0.4 is 0 Å². The molecule has 0 amide bonds. The molecule has 0 saturated heterocycles.